The molecular formula is C9H10Cl2N2O. The molecule has 3 nitrogen and oxygen atoms in total. The highest BCUT2D eigenvalue weighted by Crippen LogP contribution is 2.19. The van der Waals surface area contributed by atoms with Gasteiger partial charge in [-0.2, -0.15) is 0 Å². The predicted octanol–water partition coefficient (Wildman–Crippen LogP) is 1.70. The second kappa shape index (κ2) is 3.83. The zero-order valence-corrected chi connectivity index (χ0v) is 8.98. The second-order valence-corrected chi connectivity index (χ2v) is 4.39. The van der Waals surface area contributed by atoms with E-state index in [2.05, 4.69) is 4.98 Å². The van der Waals surface area contributed by atoms with E-state index in [1.165, 1.54) is 5.69 Å². The van der Waals surface area contributed by atoms with Crippen molar-refractivity contribution >= 4 is 29.1 Å². The number of aromatic amines is 1. The Kier molecular flexibility index (Phi) is 2.70. The fourth-order valence-corrected chi connectivity index (χ4v) is 1.95. The molecule has 1 amide bonds. The number of carbonyl (C=O) groups is 1. The van der Waals surface area contributed by atoms with Crippen molar-refractivity contribution in [3.05, 3.63) is 23.5 Å². The van der Waals surface area contributed by atoms with Crippen LogP contribution in [0.3, 0.4) is 0 Å². The number of hydrogen-bond donors (Lipinski definition) is 1. The fraction of sp³-hybridized carbons (Fsp3) is 0.444. The number of alkyl halides is 2. The van der Waals surface area contributed by atoms with Crippen LogP contribution >= 0.6 is 23.2 Å². The molecule has 0 fully saturated rings. The van der Waals surface area contributed by atoms with Gasteiger partial charge in [0.2, 0.25) is 0 Å². The Morgan fingerprint density at radius 2 is 2.36 bits per heavy atom. The van der Waals surface area contributed by atoms with Gasteiger partial charge >= 0.3 is 0 Å². The molecule has 14 heavy (non-hydrogen) atoms. The van der Waals surface area contributed by atoms with Crippen molar-refractivity contribution in [2.24, 2.45) is 0 Å². The number of aromatic nitrogens is 1. The van der Waals surface area contributed by atoms with Crippen LogP contribution in [0.1, 0.15) is 11.3 Å². The molecule has 0 aromatic carbocycles. The minimum absolute atomic E-state index is 0.208. The Morgan fingerprint density at radius 1 is 1.57 bits per heavy atom. The van der Waals surface area contributed by atoms with Gasteiger partial charge in [0, 0.05) is 31.4 Å². The molecule has 0 aliphatic carbocycles. The van der Waals surface area contributed by atoms with Crippen molar-refractivity contribution in [3.8, 4) is 0 Å². The molecule has 5 heteroatoms. The lowest BCUT2D eigenvalue weighted by molar-refractivity contribution is -0.130. The molecule has 1 N–H and O–H groups in total. The number of amides is 1. The third-order valence-corrected chi connectivity index (χ3v) is 2.79. The zero-order valence-electron chi connectivity index (χ0n) is 7.46. The highest BCUT2D eigenvalue weighted by atomic mass is 35.5. The molecule has 1 aliphatic heterocycles. The van der Waals surface area contributed by atoms with Crippen LogP contribution in [0.15, 0.2) is 12.3 Å². The van der Waals surface area contributed by atoms with Gasteiger partial charge in [0.25, 0.3) is 5.91 Å². The summed E-state index contributed by atoms with van der Waals surface area (Å²) in [5, 5.41) is 0. The topological polar surface area (TPSA) is 36.1 Å². The maximum atomic E-state index is 11.5. The summed E-state index contributed by atoms with van der Waals surface area (Å²) >= 11 is 11.1. The van der Waals surface area contributed by atoms with Gasteiger partial charge in [0.15, 0.2) is 4.84 Å². The van der Waals surface area contributed by atoms with E-state index in [1.807, 2.05) is 12.3 Å². The van der Waals surface area contributed by atoms with Gasteiger partial charge in [0.1, 0.15) is 0 Å². The Balaban J connectivity index is 2.11. The minimum atomic E-state index is -0.949. The SMILES string of the molecule is O=C(C(Cl)Cl)N1CCc2[nH]ccc2C1. The van der Waals surface area contributed by atoms with E-state index < -0.39 is 4.84 Å². The average molecular weight is 233 g/mol. The lowest BCUT2D eigenvalue weighted by Gasteiger charge is -2.27. The van der Waals surface area contributed by atoms with E-state index >= 15 is 0 Å². The summed E-state index contributed by atoms with van der Waals surface area (Å²) in [5.74, 6) is -0.208. The van der Waals surface area contributed by atoms with E-state index in [1.54, 1.807) is 4.90 Å². The Hall–Kier alpha value is -0.670. The van der Waals surface area contributed by atoms with E-state index in [-0.39, 0.29) is 5.91 Å². The van der Waals surface area contributed by atoms with Crippen LogP contribution in [0.2, 0.25) is 0 Å². The van der Waals surface area contributed by atoms with Crippen molar-refractivity contribution < 1.29 is 4.79 Å². The van der Waals surface area contributed by atoms with Gasteiger partial charge in [-0.15, -0.1) is 0 Å². The van der Waals surface area contributed by atoms with Gasteiger partial charge in [-0.3, -0.25) is 4.79 Å². The number of halogens is 2. The number of rotatable bonds is 1. The molecular weight excluding hydrogens is 223 g/mol. The van der Waals surface area contributed by atoms with Crippen LogP contribution < -0.4 is 0 Å². The predicted molar refractivity (Wildman–Crippen MR) is 55.4 cm³/mol. The summed E-state index contributed by atoms with van der Waals surface area (Å²) in [6, 6.07) is 1.98. The zero-order chi connectivity index (χ0) is 10.1. The summed E-state index contributed by atoms with van der Waals surface area (Å²) in [4.78, 5) is 15.4. The molecule has 1 aromatic heterocycles. The van der Waals surface area contributed by atoms with Crippen LogP contribution in [0.5, 0.6) is 0 Å². The number of hydrogen-bond acceptors (Lipinski definition) is 1. The minimum Gasteiger partial charge on any atom is -0.365 e. The summed E-state index contributed by atoms with van der Waals surface area (Å²) in [7, 11) is 0. The third-order valence-electron chi connectivity index (χ3n) is 2.42. The number of nitrogens with zero attached hydrogens (tertiary/aromatic N) is 1. The van der Waals surface area contributed by atoms with E-state index in [4.69, 9.17) is 23.2 Å². The molecule has 1 aliphatic rings. The first-order chi connectivity index (χ1) is 6.68. The molecule has 2 rings (SSSR count). The highest BCUT2D eigenvalue weighted by molar-refractivity contribution is 6.53. The monoisotopic (exact) mass is 232 g/mol. The molecule has 0 saturated heterocycles. The molecule has 1 aromatic rings. The van der Waals surface area contributed by atoms with Crippen molar-refractivity contribution in [1.29, 1.82) is 0 Å². The van der Waals surface area contributed by atoms with Crippen molar-refractivity contribution in [2.75, 3.05) is 6.54 Å². The highest BCUT2D eigenvalue weighted by Gasteiger charge is 2.24. The largest absolute Gasteiger partial charge is 0.365 e. The van der Waals surface area contributed by atoms with E-state index in [9.17, 15) is 4.79 Å². The average Bonchev–Trinajstić information content (AvgIpc) is 2.62. The smallest absolute Gasteiger partial charge is 0.256 e. The van der Waals surface area contributed by atoms with Crippen LogP contribution in [0.25, 0.3) is 0 Å². The van der Waals surface area contributed by atoms with Crippen LogP contribution in [-0.4, -0.2) is 27.2 Å². The number of H-pyrrole nitrogens is 1. The molecule has 0 bridgehead atoms. The number of fused-ring (bicyclic) bond motifs is 1. The molecule has 0 radical (unpaired) electrons. The van der Waals surface area contributed by atoms with Crippen LogP contribution in [0.4, 0.5) is 0 Å². The third kappa shape index (κ3) is 1.74. The molecule has 0 spiro atoms. The Morgan fingerprint density at radius 3 is 3.07 bits per heavy atom. The second-order valence-electron chi connectivity index (χ2n) is 3.29. The first-order valence-corrected chi connectivity index (χ1v) is 5.28. The number of nitrogens with one attached hydrogen (secondary N) is 1. The van der Waals surface area contributed by atoms with Crippen molar-refractivity contribution in [2.45, 2.75) is 17.8 Å². The van der Waals surface area contributed by atoms with E-state index in [0.29, 0.717) is 13.1 Å². The summed E-state index contributed by atoms with van der Waals surface area (Å²) in [6.45, 7) is 1.29. The number of carbonyl (C=O) groups excluding carboxylic acids is 1. The molecule has 0 saturated carbocycles. The standard InChI is InChI=1S/C9H10Cl2N2O/c10-8(11)9(14)13-4-2-7-6(5-13)1-3-12-7/h1,3,8,12H,2,4-5H2. The molecule has 2 heterocycles. The Labute approximate surface area is 92.0 Å². The lowest BCUT2D eigenvalue weighted by Crippen LogP contribution is -2.38. The van der Waals surface area contributed by atoms with Crippen molar-refractivity contribution in [3.63, 3.8) is 0 Å². The molecule has 0 atom stereocenters. The molecule has 0 unspecified atom stereocenters. The van der Waals surface area contributed by atoms with Gasteiger partial charge in [-0.1, -0.05) is 23.2 Å². The molecule has 76 valence electrons. The maximum Gasteiger partial charge on any atom is 0.256 e. The van der Waals surface area contributed by atoms with Gasteiger partial charge in [-0.05, 0) is 11.6 Å². The van der Waals surface area contributed by atoms with Gasteiger partial charge in [0.05, 0.1) is 0 Å². The van der Waals surface area contributed by atoms with Gasteiger partial charge < -0.3 is 9.88 Å². The van der Waals surface area contributed by atoms with E-state index in [0.717, 1.165) is 12.0 Å². The van der Waals surface area contributed by atoms with Gasteiger partial charge in [-0.25, -0.2) is 0 Å². The first-order valence-electron chi connectivity index (χ1n) is 4.40. The maximum absolute atomic E-state index is 11.5. The lowest BCUT2D eigenvalue weighted by atomic mass is 10.1. The normalized spacial score (nSPS) is 15.8. The first kappa shape index (κ1) is 9.87. The quantitative estimate of drug-likeness (QED) is 0.736. The summed E-state index contributed by atoms with van der Waals surface area (Å²) < 4.78 is 0. The van der Waals surface area contributed by atoms with Crippen molar-refractivity contribution in [1.82, 2.24) is 9.88 Å². The van der Waals surface area contributed by atoms with Crippen LogP contribution in [-0.2, 0) is 17.8 Å². The fourth-order valence-electron chi connectivity index (χ4n) is 1.67. The van der Waals surface area contributed by atoms with Crippen LogP contribution in [0, 0.1) is 0 Å². The summed E-state index contributed by atoms with van der Waals surface area (Å²) in [6.07, 6.45) is 2.73. The summed E-state index contributed by atoms with van der Waals surface area (Å²) in [5.41, 5.74) is 2.35. The Bertz CT molecular complexity index is 348.